The fraction of sp³-hybridized carbons (Fsp3) is 0.500. The summed E-state index contributed by atoms with van der Waals surface area (Å²) in [6.45, 7) is 5.41. The molecule has 0 amide bonds. The predicted octanol–water partition coefficient (Wildman–Crippen LogP) is -0.942. The summed E-state index contributed by atoms with van der Waals surface area (Å²) in [5.74, 6) is -0.979. The highest BCUT2D eigenvalue weighted by atomic mass is 16.2. The maximum Gasteiger partial charge on any atom is 0.227 e. The van der Waals surface area contributed by atoms with Crippen LogP contribution in [0.5, 0.6) is 0 Å². The van der Waals surface area contributed by atoms with E-state index in [1.165, 1.54) is 6.08 Å². The highest BCUT2D eigenvalue weighted by Gasteiger charge is 2.43. The van der Waals surface area contributed by atoms with Crippen molar-refractivity contribution in [3.63, 3.8) is 0 Å². The molecule has 0 bridgehead atoms. The third-order valence-electron chi connectivity index (χ3n) is 4.79. The lowest BCUT2D eigenvalue weighted by molar-refractivity contribution is -0.141. The molecule has 4 fully saturated rings. The van der Waals surface area contributed by atoms with E-state index >= 15 is 0 Å². The van der Waals surface area contributed by atoms with Gasteiger partial charge in [-0.05, 0) is 0 Å². The van der Waals surface area contributed by atoms with E-state index in [-0.39, 0.29) is 36.6 Å². The van der Waals surface area contributed by atoms with Gasteiger partial charge in [-0.3, -0.25) is 24.0 Å². The summed E-state index contributed by atoms with van der Waals surface area (Å²) in [4.78, 5) is 61.8. The Morgan fingerprint density at radius 3 is 1.73 bits per heavy atom. The minimum absolute atomic E-state index is 0.00546. The van der Waals surface area contributed by atoms with Crippen molar-refractivity contribution in [2.45, 2.75) is 19.3 Å². The summed E-state index contributed by atoms with van der Waals surface area (Å²) in [5, 5.41) is 0. The Kier molecular flexibility index (Phi) is 3.97. The predicted molar refractivity (Wildman–Crippen MR) is 88.7 cm³/mol. The SMILES string of the molecule is O=C1C=C(N2CC2)C(=O)C(N2CC2)=C1N1CC1.O=C1CCC(=O)C(=O)C1. The van der Waals surface area contributed by atoms with Gasteiger partial charge in [-0.1, -0.05) is 0 Å². The topological polar surface area (TPSA) is 94.4 Å². The fourth-order valence-electron chi connectivity index (χ4n) is 3.03. The van der Waals surface area contributed by atoms with Crippen LogP contribution in [0.1, 0.15) is 19.3 Å². The number of hydrogen-bond donors (Lipinski definition) is 0. The van der Waals surface area contributed by atoms with Crippen LogP contribution in [0.4, 0.5) is 0 Å². The van der Waals surface area contributed by atoms with Crippen molar-refractivity contribution in [2.75, 3.05) is 39.3 Å². The molecule has 0 atom stereocenters. The summed E-state index contributed by atoms with van der Waals surface area (Å²) < 4.78 is 0. The van der Waals surface area contributed by atoms with Gasteiger partial charge >= 0.3 is 0 Å². The molecule has 5 aliphatic rings. The highest BCUT2D eigenvalue weighted by molar-refractivity contribution is 6.42. The Labute approximate surface area is 150 Å². The Morgan fingerprint density at radius 2 is 1.23 bits per heavy atom. The number of rotatable bonds is 3. The van der Waals surface area contributed by atoms with Crippen molar-refractivity contribution >= 4 is 28.9 Å². The first kappa shape index (κ1) is 16.7. The van der Waals surface area contributed by atoms with Crippen LogP contribution >= 0.6 is 0 Å². The highest BCUT2D eigenvalue weighted by Crippen LogP contribution is 2.33. The largest absolute Gasteiger partial charge is 0.365 e. The molecule has 1 saturated carbocycles. The van der Waals surface area contributed by atoms with Gasteiger partial charge in [-0.15, -0.1) is 0 Å². The molecule has 5 rings (SSSR count). The first-order valence-electron chi connectivity index (χ1n) is 8.83. The Morgan fingerprint density at radius 1 is 0.654 bits per heavy atom. The summed E-state index contributed by atoms with van der Waals surface area (Å²) in [6, 6.07) is 0. The average molecular weight is 357 g/mol. The van der Waals surface area contributed by atoms with Crippen molar-refractivity contribution in [2.24, 2.45) is 0 Å². The van der Waals surface area contributed by atoms with Gasteiger partial charge in [0.1, 0.15) is 17.2 Å². The molecule has 3 heterocycles. The molecule has 8 nitrogen and oxygen atoms in total. The second-order valence-electron chi connectivity index (χ2n) is 6.94. The number of ketones is 5. The van der Waals surface area contributed by atoms with Crippen LogP contribution in [0.25, 0.3) is 0 Å². The van der Waals surface area contributed by atoms with E-state index in [1.807, 2.05) is 14.7 Å². The van der Waals surface area contributed by atoms with E-state index in [1.54, 1.807) is 0 Å². The molecule has 2 aliphatic carbocycles. The van der Waals surface area contributed by atoms with Crippen LogP contribution in [0, 0.1) is 0 Å². The second kappa shape index (κ2) is 6.19. The van der Waals surface area contributed by atoms with Gasteiger partial charge in [0, 0.05) is 58.2 Å². The normalized spacial score (nSPS) is 24.5. The molecule has 0 unspecified atom stereocenters. The molecule has 0 spiro atoms. The lowest BCUT2D eigenvalue weighted by Gasteiger charge is -2.21. The van der Waals surface area contributed by atoms with Gasteiger partial charge < -0.3 is 14.7 Å². The minimum Gasteiger partial charge on any atom is -0.365 e. The van der Waals surface area contributed by atoms with Crippen LogP contribution in [0.3, 0.4) is 0 Å². The quantitative estimate of drug-likeness (QED) is 0.276. The minimum atomic E-state index is -0.522. The summed E-state index contributed by atoms with van der Waals surface area (Å²) >= 11 is 0. The monoisotopic (exact) mass is 357 g/mol. The zero-order chi connectivity index (χ0) is 18.4. The summed E-state index contributed by atoms with van der Waals surface area (Å²) in [6.07, 6.45) is 1.73. The van der Waals surface area contributed by atoms with Gasteiger partial charge in [0.25, 0.3) is 0 Å². The van der Waals surface area contributed by atoms with E-state index in [0.29, 0.717) is 17.1 Å². The number of nitrogens with zero attached hydrogens (tertiary/aromatic N) is 3. The molecule has 0 aromatic heterocycles. The van der Waals surface area contributed by atoms with Crippen molar-refractivity contribution in [1.82, 2.24) is 14.7 Å². The smallest absolute Gasteiger partial charge is 0.227 e. The standard InChI is InChI=1S/C12H13N3O2.C6H6O3/c16-9-7-8(13-1-2-13)12(17)11(15-5-6-15)10(9)14-3-4-14;7-4-1-2-5(8)6(9)3-4/h7H,1-6H2;1-3H2. The lowest BCUT2D eigenvalue weighted by atomic mass is 9.97. The first-order chi connectivity index (χ1) is 12.5. The number of Topliss-reactive ketones (excluding diaryl/α,β-unsaturated/α-hetero) is 4. The number of carbonyl (C=O) groups excluding carboxylic acids is 5. The Bertz CT molecular complexity index is 798. The van der Waals surface area contributed by atoms with E-state index in [4.69, 9.17) is 0 Å². The first-order valence-corrected chi connectivity index (χ1v) is 8.83. The zero-order valence-corrected chi connectivity index (χ0v) is 14.3. The van der Waals surface area contributed by atoms with Gasteiger partial charge in [-0.2, -0.15) is 0 Å². The van der Waals surface area contributed by atoms with Crippen LogP contribution in [-0.2, 0) is 24.0 Å². The van der Waals surface area contributed by atoms with Crippen LogP contribution in [-0.4, -0.2) is 82.9 Å². The fourth-order valence-corrected chi connectivity index (χ4v) is 3.03. The van der Waals surface area contributed by atoms with Gasteiger partial charge in [0.15, 0.2) is 5.78 Å². The third-order valence-corrected chi connectivity index (χ3v) is 4.79. The molecule has 0 aromatic rings. The van der Waals surface area contributed by atoms with E-state index in [9.17, 15) is 24.0 Å². The molecular weight excluding hydrogens is 338 g/mol. The average Bonchev–Trinajstić information content (AvgIpc) is 3.47. The number of hydrogen-bond acceptors (Lipinski definition) is 8. The van der Waals surface area contributed by atoms with Crippen LogP contribution < -0.4 is 0 Å². The van der Waals surface area contributed by atoms with Gasteiger partial charge in [-0.25, -0.2) is 0 Å². The van der Waals surface area contributed by atoms with Crippen LogP contribution in [0.2, 0.25) is 0 Å². The molecule has 3 saturated heterocycles. The van der Waals surface area contributed by atoms with E-state index in [2.05, 4.69) is 0 Å². The molecule has 0 radical (unpaired) electrons. The third kappa shape index (κ3) is 3.31. The lowest BCUT2D eigenvalue weighted by Crippen LogP contribution is -2.29. The van der Waals surface area contributed by atoms with Crippen molar-refractivity contribution in [1.29, 1.82) is 0 Å². The Hall–Kier alpha value is -2.77. The molecular formula is C18H19N3O5. The maximum atomic E-state index is 12.4. The molecule has 0 N–H and O–H groups in total. The van der Waals surface area contributed by atoms with Crippen LogP contribution in [0.15, 0.2) is 23.2 Å². The molecule has 3 aliphatic heterocycles. The number of allylic oxidation sites excluding steroid dienone is 1. The zero-order valence-electron chi connectivity index (χ0n) is 14.3. The summed E-state index contributed by atoms with van der Waals surface area (Å²) in [5.41, 5.74) is 1.89. The van der Waals surface area contributed by atoms with Crippen molar-refractivity contribution in [3.05, 3.63) is 23.2 Å². The molecule has 8 heteroatoms. The Balaban J connectivity index is 0.000000160. The van der Waals surface area contributed by atoms with Crippen molar-refractivity contribution < 1.29 is 24.0 Å². The molecule has 136 valence electrons. The number of carbonyl (C=O) groups is 5. The van der Waals surface area contributed by atoms with Gasteiger partial charge in [0.2, 0.25) is 17.3 Å². The molecule has 0 aromatic carbocycles. The van der Waals surface area contributed by atoms with Crippen molar-refractivity contribution in [3.8, 4) is 0 Å². The maximum absolute atomic E-state index is 12.4. The second-order valence-corrected chi connectivity index (χ2v) is 6.94. The molecule has 26 heavy (non-hydrogen) atoms. The van der Waals surface area contributed by atoms with E-state index in [0.717, 1.165) is 39.3 Å². The van der Waals surface area contributed by atoms with Gasteiger partial charge in [0.05, 0.1) is 12.1 Å². The van der Waals surface area contributed by atoms with E-state index < -0.39 is 11.6 Å². The summed E-state index contributed by atoms with van der Waals surface area (Å²) in [7, 11) is 0.